The molecule has 0 saturated heterocycles. The fourth-order valence-electron chi connectivity index (χ4n) is 2.40. The standard InChI is InChI=1S/C17H14O.3CO.Cr/c18-17-15(12-13-6-2-1-3-7-13)11-10-14-8-4-5-9-16(14)17;3*1-2;/h1-9,12H,10-11H2;;;;/b15-12+;;;;. The molecule has 0 heterocycles. The number of carbonyl (C=O) groups excluding carboxylic acids is 1. The van der Waals surface area contributed by atoms with Crippen LogP contribution in [0.3, 0.4) is 0 Å². The number of carbonyl (C=O) groups is 1. The summed E-state index contributed by atoms with van der Waals surface area (Å²) >= 11 is 0. The summed E-state index contributed by atoms with van der Waals surface area (Å²) in [5, 5.41) is 0. The van der Waals surface area contributed by atoms with Crippen LogP contribution in [0.5, 0.6) is 0 Å². The van der Waals surface area contributed by atoms with Gasteiger partial charge >= 0.3 is 33.9 Å². The zero-order valence-corrected chi connectivity index (χ0v) is 14.5. The number of allylic oxidation sites excluding steroid dienone is 1. The van der Waals surface area contributed by atoms with Gasteiger partial charge in [0.25, 0.3) is 0 Å². The van der Waals surface area contributed by atoms with Crippen LogP contribution in [0.4, 0.5) is 0 Å². The molecule has 0 radical (unpaired) electrons. The van der Waals surface area contributed by atoms with Gasteiger partial charge < -0.3 is 0 Å². The van der Waals surface area contributed by atoms with Crippen molar-refractivity contribution in [2.75, 3.05) is 0 Å². The number of hydrogen-bond donors (Lipinski definition) is 0. The van der Waals surface area contributed by atoms with Crippen LogP contribution in [0.25, 0.3) is 6.08 Å². The van der Waals surface area contributed by atoms with Crippen molar-refractivity contribution in [3.63, 3.8) is 0 Å². The summed E-state index contributed by atoms with van der Waals surface area (Å²) in [4.78, 5) is 12.4. The molecule has 0 N–H and O–H groups in total. The van der Waals surface area contributed by atoms with Gasteiger partial charge in [-0.1, -0.05) is 54.6 Å². The van der Waals surface area contributed by atoms with Crippen molar-refractivity contribution in [2.45, 2.75) is 12.8 Å². The second kappa shape index (κ2) is 15.1. The molecule has 2 aromatic rings. The minimum atomic E-state index is 0. The molecule has 0 saturated carbocycles. The Bertz CT molecular complexity index is 729. The molecule has 0 aromatic heterocycles. The molecule has 5 heteroatoms. The topological polar surface area (TPSA) is 76.8 Å². The van der Waals surface area contributed by atoms with E-state index in [2.05, 4.69) is 20.0 Å². The fourth-order valence-corrected chi connectivity index (χ4v) is 2.40. The van der Waals surface area contributed by atoms with Crippen LogP contribution in [0.15, 0.2) is 60.2 Å². The third kappa shape index (κ3) is 7.35. The maximum atomic E-state index is 12.4. The van der Waals surface area contributed by atoms with Gasteiger partial charge in [0, 0.05) is 28.5 Å². The normalized spacial score (nSPS) is 12.2. The maximum Gasteiger partial charge on any atom is 0 e. The molecule has 0 amide bonds. The SMILES string of the molecule is O=C1/C(=C/c2ccccc2)CCc2ccccc21.[C-]#[O+].[C-]#[O+].[C-]#[O+].[Cr]. The average molecular weight is 370 g/mol. The molecule has 124 valence electrons. The van der Waals surface area contributed by atoms with E-state index in [1.807, 2.05) is 60.7 Å². The van der Waals surface area contributed by atoms with Gasteiger partial charge in [0.2, 0.25) is 0 Å². The summed E-state index contributed by atoms with van der Waals surface area (Å²) in [6.45, 7) is 13.5. The molecule has 3 rings (SSSR count). The molecule has 0 unspecified atom stereocenters. The summed E-state index contributed by atoms with van der Waals surface area (Å²) < 4.78 is 22.5. The van der Waals surface area contributed by atoms with Crippen LogP contribution in [0, 0.1) is 20.0 Å². The first-order valence-electron chi connectivity index (χ1n) is 6.84. The molecular weight excluding hydrogens is 356 g/mol. The summed E-state index contributed by atoms with van der Waals surface area (Å²) in [6.07, 6.45) is 3.81. The van der Waals surface area contributed by atoms with Gasteiger partial charge in [-0.15, -0.1) is 0 Å². The van der Waals surface area contributed by atoms with Gasteiger partial charge in [-0.25, -0.2) is 0 Å². The van der Waals surface area contributed by atoms with Crippen molar-refractivity contribution in [3.8, 4) is 0 Å². The Morgan fingerprint density at radius 2 is 1.28 bits per heavy atom. The molecule has 0 spiro atoms. The van der Waals surface area contributed by atoms with Gasteiger partial charge in [-0.3, -0.25) is 4.79 Å². The first kappa shape index (κ1) is 24.8. The molecule has 1 aliphatic rings. The summed E-state index contributed by atoms with van der Waals surface area (Å²) in [7, 11) is 0. The molecule has 1 aliphatic carbocycles. The number of hydrogen-bond acceptors (Lipinski definition) is 1. The van der Waals surface area contributed by atoms with Crippen molar-refractivity contribution in [1.29, 1.82) is 0 Å². The van der Waals surface area contributed by atoms with E-state index >= 15 is 0 Å². The third-order valence-corrected chi connectivity index (χ3v) is 3.36. The monoisotopic (exact) mass is 370 g/mol. The smallest absolute Gasteiger partial charge is 0 e. The number of rotatable bonds is 1. The van der Waals surface area contributed by atoms with E-state index in [0.29, 0.717) is 0 Å². The zero-order chi connectivity index (χ0) is 18.4. The van der Waals surface area contributed by atoms with E-state index in [4.69, 9.17) is 14.0 Å². The second-order valence-corrected chi connectivity index (χ2v) is 4.57. The molecule has 0 fully saturated rings. The van der Waals surface area contributed by atoms with Crippen molar-refractivity contribution in [1.82, 2.24) is 0 Å². The zero-order valence-electron chi connectivity index (χ0n) is 13.2. The summed E-state index contributed by atoms with van der Waals surface area (Å²) in [6, 6.07) is 17.9. The Morgan fingerprint density at radius 1 is 0.760 bits per heavy atom. The molecule has 25 heavy (non-hydrogen) atoms. The van der Waals surface area contributed by atoms with E-state index < -0.39 is 0 Å². The number of aryl methyl sites for hydroxylation is 1. The Kier molecular flexibility index (Phi) is 15.1. The largest absolute Gasteiger partial charge is 0 e. The quantitative estimate of drug-likeness (QED) is 0.427. The summed E-state index contributed by atoms with van der Waals surface area (Å²) in [5.41, 5.74) is 4.05. The van der Waals surface area contributed by atoms with Gasteiger partial charge in [-0.05, 0) is 30.0 Å². The van der Waals surface area contributed by atoms with E-state index in [1.165, 1.54) is 5.56 Å². The van der Waals surface area contributed by atoms with Crippen LogP contribution in [0.2, 0.25) is 0 Å². The number of fused-ring (bicyclic) bond motifs is 1. The van der Waals surface area contributed by atoms with Gasteiger partial charge in [0.15, 0.2) is 5.78 Å². The number of ketones is 1. The van der Waals surface area contributed by atoms with Gasteiger partial charge in [0.05, 0.1) is 0 Å². The van der Waals surface area contributed by atoms with Crippen LogP contribution >= 0.6 is 0 Å². The second-order valence-electron chi connectivity index (χ2n) is 4.57. The predicted molar refractivity (Wildman–Crippen MR) is 85.3 cm³/mol. The van der Waals surface area contributed by atoms with Crippen molar-refractivity contribution in [3.05, 3.63) is 96.8 Å². The molecule has 0 atom stereocenters. The van der Waals surface area contributed by atoms with Crippen molar-refractivity contribution >= 4 is 11.9 Å². The predicted octanol–water partition coefficient (Wildman–Crippen LogP) is 3.78. The van der Waals surface area contributed by atoms with Crippen molar-refractivity contribution < 1.29 is 36.1 Å². The van der Waals surface area contributed by atoms with Crippen LogP contribution in [0.1, 0.15) is 27.9 Å². The molecule has 0 bridgehead atoms. The first-order chi connectivity index (χ1) is 11.8. The first-order valence-corrected chi connectivity index (χ1v) is 6.84. The average Bonchev–Trinajstić information content (AvgIpc) is 2.70. The van der Waals surface area contributed by atoms with E-state index in [1.54, 1.807) is 0 Å². The van der Waals surface area contributed by atoms with Gasteiger partial charge in [0.1, 0.15) is 0 Å². The number of Topliss-reactive ketones (excluding diaryl/α,β-unsaturated/α-hetero) is 1. The Labute approximate surface area is 157 Å². The molecule has 0 aliphatic heterocycles. The van der Waals surface area contributed by atoms with Crippen LogP contribution in [-0.2, 0) is 37.7 Å². The Balaban J connectivity index is 0. The fraction of sp³-hybridized carbons (Fsp3) is 0.100. The number of benzene rings is 2. The summed E-state index contributed by atoms with van der Waals surface area (Å²) in [5.74, 6) is 0.181. The van der Waals surface area contributed by atoms with Crippen LogP contribution < -0.4 is 0 Å². The minimum absolute atomic E-state index is 0. The maximum absolute atomic E-state index is 12.4. The van der Waals surface area contributed by atoms with Gasteiger partial charge in [-0.2, -0.15) is 0 Å². The Hall–Kier alpha value is -2.40. The Morgan fingerprint density at radius 3 is 1.88 bits per heavy atom. The third-order valence-electron chi connectivity index (χ3n) is 3.36. The van der Waals surface area contributed by atoms with Crippen molar-refractivity contribution in [2.24, 2.45) is 0 Å². The van der Waals surface area contributed by atoms with E-state index in [-0.39, 0.29) is 23.1 Å². The van der Waals surface area contributed by atoms with Crippen LogP contribution in [-0.4, -0.2) is 5.78 Å². The minimum Gasteiger partial charge on any atom is 0 e. The van der Waals surface area contributed by atoms with E-state index in [0.717, 1.165) is 29.5 Å². The molecule has 4 nitrogen and oxygen atoms in total. The molecule has 2 aromatic carbocycles. The molecular formula is C20H14CrO4. The van der Waals surface area contributed by atoms with E-state index in [9.17, 15) is 4.79 Å².